The summed E-state index contributed by atoms with van der Waals surface area (Å²) in [5.41, 5.74) is 1.52. The molecular weight excluding hydrogens is 275 g/mol. The highest BCUT2D eigenvalue weighted by atomic mass is 32.1. The van der Waals surface area contributed by atoms with Crippen LogP contribution in [0.1, 0.15) is 29.1 Å². The summed E-state index contributed by atoms with van der Waals surface area (Å²) in [5.74, 6) is 0.300. The van der Waals surface area contributed by atoms with Gasteiger partial charge in [0.2, 0.25) is 0 Å². The standard InChI is InChI=1S/C15H17FN2OS/c1-10-2-5-13(6-14(10)16)19-8-12-9-20-15(18-12)7-17-11-3-4-11/h2,5-6,9,11,17H,3-4,7-8H2,1H3. The van der Waals surface area contributed by atoms with Crippen LogP contribution in [0.4, 0.5) is 4.39 Å². The lowest BCUT2D eigenvalue weighted by atomic mass is 10.2. The maximum atomic E-state index is 13.4. The molecule has 0 saturated heterocycles. The quantitative estimate of drug-likeness (QED) is 0.886. The zero-order chi connectivity index (χ0) is 13.9. The van der Waals surface area contributed by atoms with E-state index in [1.165, 1.54) is 18.9 Å². The third kappa shape index (κ3) is 3.55. The van der Waals surface area contributed by atoms with Crippen LogP contribution in [0.25, 0.3) is 0 Å². The Hall–Kier alpha value is -1.46. The topological polar surface area (TPSA) is 34.1 Å². The fourth-order valence-electron chi connectivity index (χ4n) is 1.84. The van der Waals surface area contributed by atoms with Gasteiger partial charge in [-0.3, -0.25) is 0 Å². The molecule has 1 aromatic carbocycles. The van der Waals surface area contributed by atoms with Gasteiger partial charge in [0.25, 0.3) is 0 Å². The third-order valence-electron chi connectivity index (χ3n) is 3.25. The highest BCUT2D eigenvalue weighted by molar-refractivity contribution is 7.09. The summed E-state index contributed by atoms with van der Waals surface area (Å²) in [5, 5.41) is 6.50. The van der Waals surface area contributed by atoms with Gasteiger partial charge in [-0.05, 0) is 31.4 Å². The molecule has 2 aromatic rings. The summed E-state index contributed by atoms with van der Waals surface area (Å²) in [6.45, 7) is 2.94. The van der Waals surface area contributed by atoms with E-state index in [4.69, 9.17) is 4.74 Å². The van der Waals surface area contributed by atoms with Gasteiger partial charge in [-0.2, -0.15) is 0 Å². The van der Waals surface area contributed by atoms with Gasteiger partial charge in [-0.25, -0.2) is 9.37 Å². The lowest BCUT2D eigenvalue weighted by Crippen LogP contribution is -2.15. The molecule has 1 fully saturated rings. The molecule has 0 amide bonds. The van der Waals surface area contributed by atoms with Gasteiger partial charge in [0.15, 0.2) is 0 Å². The maximum absolute atomic E-state index is 13.4. The number of ether oxygens (including phenoxy) is 1. The van der Waals surface area contributed by atoms with E-state index in [0.717, 1.165) is 17.2 Å². The van der Waals surface area contributed by atoms with E-state index >= 15 is 0 Å². The van der Waals surface area contributed by atoms with Crippen molar-refractivity contribution in [3.05, 3.63) is 45.7 Å². The Kier molecular flexibility index (Phi) is 3.98. The van der Waals surface area contributed by atoms with Gasteiger partial charge in [0.1, 0.15) is 23.2 Å². The smallest absolute Gasteiger partial charge is 0.131 e. The Labute approximate surface area is 121 Å². The van der Waals surface area contributed by atoms with E-state index in [0.29, 0.717) is 24.0 Å². The number of hydrogen-bond acceptors (Lipinski definition) is 4. The Morgan fingerprint density at radius 3 is 3.05 bits per heavy atom. The van der Waals surface area contributed by atoms with Crippen LogP contribution in [-0.4, -0.2) is 11.0 Å². The molecule has 1 aliphatic rings. The predicted octanol–water partition coefficient (Wildman–Crippen LogP) is 3.42. The van der Waals surface area contributed by atoms with Gasteiger partial charge in [0, 0.05) is 24.0 Å². The minimum absolute atomic E-state index is 0.241. The molecular formula is C15H17FN2OS. The highest BCUT2D eigenvalue weighted by Crippen LogP contribution is 2.21. The number of aryl methyl sites for hydroxylation is 1. The number of benzene rings is 1. The first-order valence-corrected chi connectivity index (χ1v) is 7.64. The summed E-state index contributed by atoms with van der Waals surface area (Å²) >= 11 is 1.63. The molecule has 0 radical (unpaired) electrons. The Morgan fingerprint density at radius 1 is 1.45 bits per heavy atom. The second-order valence-corrected chi connectivity index (χ2v) is 6.03. The zero-order valence-electron chi connectivity index (χ0n) is 11.4. The number of hydrogen-bond donors (Lipinski definition) is 1. The molecule has 1 aromatic heterocycles. The summed E-state index contributed by atoms with van der Waals surface area (Å²) in [7, 11) is 0. The SMILES string of the molecule is Cc1ccc(OCc2csc(CNC3CC3)n2)cc1F. The summed E-state index contributed by atoms with van der Waals surface area (Å²) in [6.07, 6.45) is 2.56. The van der Waals surface area contributed by atoms with Crippen molar-refractivity contribution in [2.45, 2.75) is 39.0 Å². The van der Waals surface area contributed by atoms with E-state index in [2.05, 4.69) is 10.3 Å². The number of nitrogens with zero attached hydrogens (tertiary/aromatic N) is 1. The van der Waals surface area contributed by atoms with Crippen LogP contribution in [0.3, 0.4) is 0 Å². The summed E-state index contributed by atoms with van der Waals surface area (Å²) in [4.78, 5) is 4.50. The molecule has 0 atom stereocenters. The largest absolute Gasteiger partial charge is 0.487 e. The van der Waals surface area contributed by atoms with Crippen molar-refractivity contribution in [2.24, 2.45) is 0 Å². The Morgan fingerprint density at radius 2 is 2.30 bits per heavy atom. The zero-order valence-corrected chi connectivity index (χ0v) is 12.2. The molecule has 3 nitrogen and oxygen atoms in total. The van der Waals surface area contributed by atoms with Crippen LogP contribution in [0.2, 0.25) is 0 Å². The van der Waals surface area contributed by atoms with Gasteiger partial charge >= 0.3 is 0 Å². The Balaban J connectivity index is 1.53. The monoisotopic (exact) mass is 292 g/mol. The maximum Gasteiger partial charge on any atom is 0.131 e. The van der Waals surface area contributed by atoms with Crippen molar-refractivity contribution in [2.75, 3.05) is 0 Å². The van der Waals surface area contributed by atoms with Gasteiger partial charge in [-0.15, -0.1) is 11.3 Å². The first kappa shape index (κ1) is 13.5. The van der Waals surface area contributed by atoms with Crippen LogP contribution < -0.4 is 10.1 Å². The molecule has 0 unspecified atom stereocenters. The Bertz CT molecular complexity index is 595. The molecule has 0 aliphatic heterocycles. The normalized spacial score (nSPS) is 14.5. The summed E-state index contributed by atoms with van der Waals surface area (Å²) in [6, 6.07) is 5.60. The minimum atomic E-state index is -0.241. The number of thiazole rings is 1. The molecule has 1 aliphatic carbocycles. The lowest BCUT2D eigenvalue weighted by Gasteiger charge is -2.05. The van der Waals surface area contributed by atoms with Crippen molar-refractivity contribution in [3.8, 4) is 5.75 Å². The number of nitrogens with one attached hydrogen (secondary N) is 1. The van der Waals surface area contributed by atoms with Crippen molar-refractivity contribution in [1.29, 1.82) is 0 Å². The van der Waals surface area contributed by atoms with Crippen molar-refractivity contribution >= 4 is 11.3 Å². The average Bonchev–Trinajstić information content (AvgIpc) is 3.16. The van der Waals surface area contributed by atoms with E-state index in [1.807, 2.05) is 5.38 Å². The predicted molar refractivity (Wildman–Crippen MR) is 77.4 cm³/mol. The molecule has 0 bridgehead atoms. The fraction of sp³-hybridized carbons (Fsp3) is 0.400. The highest BCUT2D eigenvalue weighted by Gasteiger charge is 2.20. The molecule has 1 saturated carbocycles. The van der Waals surface area contributed by atoms with E-state index in [1.54, 1.807) is 30.4 Å². The third-order valence-corrected chi connectivity index (χ3v) is 4.15. The average molecular weight is 292 g/mol. The molecule has 1 N–H and O–H groups in total. The van der Waals surface area contributed by atoms with Crippen LogP contribution in [0, 0.1) is 12.7 Å². The second-order valence-electron chi connectivity index (χ2n) is 5.09. The fourth-order valence-corrected chi connectivity index (χ4v) is 2.57. The molecule has 5 heteroatoms. The second kappa shape index (κ2) is 5.89. The van der Waals surface area contributed by atoms with Crippen molar-refractivity contribution < 1.29 is 9.13 Å². The molecule has 20 heavy (non-hydrogen) atoms. The number of rotatable bonds is 6. The first-order valence-electron chi connectivity index (χ1n) is 6.76. The number of halogens is 1. The molecule has 3 rings (SSSR count). The van der Waals surface area contributed by atoms with Gasteiger partial charge < -0.3 is 10.1 Å². The van der Waals surface area contributed by atoms with Crippen LogP contribution in [0.5, 0.6) is 5.75 Å². The van der Waals surface area contributed by atoms with Crippen LogP contribution in [0.15, 0.2) is 23.6 Å². The van der Waals surface area contributed by atoms with Crippen LogP contribution >= 0.6 is 11.3 Å². The molecule has 1 heterocycles. The minimum Gasteiger partial charge on any atom is -0.487 e. The summed E-state index contributed by atoms with van der Waals surface area (Å²) < 4.78 is 19.0. The van der Waals surface area contributed by atoms with Gasteiger partial charge in [-0.1, -0.05) is 6.07 Å². The van der Waals surface area contributed by atoms with Gasteiger partial charge in [0.05, 0.1) is 5.69 Å². The van der Waals surface area contributed by atoms with Crippen molar-refractivity contribution in [1.82, 2.24) is 10.3 Å². The number of aromatic nitrogens is 1. The molecule has 0 spiro atoms. The van der Waals surface area contributed by atoms with Crippen LogP contribution in [-0.2, 0) is 13.2 Å². The lowest BCUT2D eigenvalue weighted by molar-refractivity contribution is 0.300. The first-order chi connectivity index (χ1) is 9.70. The van der Waals surface area contributed by atoms with E-state index in [-0.39, 0.29) is 5.82 Å². The molecule has 106 valence electrons. The van der Waals surface area contributed by atoms with Crippen molar-refractivity contribution in [3.63, 3.8) is 0 Å². The van der Waals surface area contributed by atoms with E-state index in [9.17, 15) is 4.39 Å². The van der Waals surface area contributed by atoms with E-state index < -0.39 is 0 Å².